The Bertz CT molecular complexity index is 1280. The highest BCUT2D eigenvalue weighted by atomic mass is 16.1. The number of amides is 1. The molecule has 35 heavy (non-hydrogen) atoms. The number of rotatable bonds is 9. The molecule has 0 atom stereocenters. The Morgan fingerprint density at radius 3 is 2.60 bits per heavy atom. The third-order valence-electron chi connectivity index (χ3n) is 6.68. The van der Waals surface area contributed by atoms with Crippen LogP contribution in [0.1, 0.15) is 35.2 Å². The number of nitrogens with one attached hydrogen (secondary N) is 2. The maximum atomic E-state index is 12.8. The Hall–Kier alpha value is -3.54. The number of pyridine rings is 1. The largest absolute Gasteiger partial charge is 0.322 e. The van der Waals surface area contributed by atoms with Gasteiger partial charge in [-0.1, -0.05) is 48.5 Å². The number of nitrogens with zero attached hydrogens (tertiary/aromatic N) is 2. The SMILES string of the molecule is O=C(Nc1ccc2cccnc2c1)c1ccc(-c2ccccc2CNCCCN2CCCC2)cc1. The highest BCUT2D eigenvalue weighted by Gasteiger charge is 2.11. The molecule has 1 aliphatic rings. The maximum Gasteiger partial charge on any atom is 0.255 e. The van der Waals surface area contributed by atoms with Crippen molar-refractivity contribution in [2.45, 2.75) is 25.8 Å². The second kappa shape index (κ2) is 11.3. The van der Waals surface area contributed by atoms with E-state index in [0.717, 1.165) is 35.2 Å². The molecule has 5 nitrogen and oxygen atoms in total. The third-order valence-corrected chi connectivity index (χ3v) is 6.68. The predicted octanol–water partition coefficient (Wildman–Crippen LogP) is 5.73. The van der Waals surface area contributed by atoms with Crippen LogP contribution in [0.15, 0.2) is 85.1 Å². The number of anilines is 1. The molecule has 3 aromatic carbocycles. The van der Waals surface area contributed by atoms with Gasteiger partial charge in [0.2, 0.25) is 0 Å². The molecule has 178 valence electrons. The van der Waals surface area contributed by atoms with Crippen LogP contribution in [0.25, 0.3) is 22.0 Å². The highest BCUT2D eigenvalue weighted by molar-refractivity contribution is 6.05. The van der Waals surface area contributed by atoms with Crippen molar-refractivity contribution in [1.82, 2.24) is 15.2 Å². The summed E-state index contributed by atoms with van der Waals surface area (Å²) >= 11 is 0. The van der Waals surface area contributed by atoms with Gasteiger partial charge >= 0.3 is 0 Å². The molecule has 1 aliphatic heterocycles. The molecule has 2 heterocycles. The zero-order chi connectivity index (χ0) is 23.9. The van der Waals surface area contributed by atoms with Gasteiger partial charge in [0.1, 0.15) is 0 Å². The summed E-state index contributed by atoms with van der Waals surface area (Å²) in [6.07, 6.45) is 5.64. The van der Waals surface area contributed by atoms with Gasteiger partial charge in [-0.3, -0.25) is 9.78 Å². The molecule has 5 rings (SSSR count). The summed E-state index contributed by atoms with van der Waals surface area (Å²) < 4.78 is 0. The molecule has 0 spiro atoms. The van der Waals surface area contributed by atoms with Crippen LogP contribution >= 0.6 is 0 Å². The molecule has 1 saturated heterocycles. The predicted molar refractivity (Wildman–Crippen MR) is 144 cm³/mol. The van der Waals surface area contributed by atoms with Crippen molar-refractivity contribution in [2.75, 3.05) is 31.5 Å². The van der Waals surface area contributed by atoms with Crippen LogP contribution in [0.4, 0.5) is 5.69 Å². The van der Waals surface area contributed by atoms with Crippen molar-refractivity contribution >= 4 is 22.5 Å². The topological polar surface area (TPSA) is 57.3 Å². The van der Waals surface area contributed by atoms with Crippen LogP contribution in [-0.2, 0) is 6.54 Å². The lowest BCUT2D eigenvalue weighted by molar-refractivity contribution is 0.102. The quantitative estimate of drug-likeness (QED) is 0.311. The van der Waals surface area contributed by atoms with Gasteiger partial charge in [-0.05, 0) is 92.5 Å². The molecule has 4 aromatic rings. The average Bonchev–Trinajstić information content (AvgIpc) is 3.42. The summed E-state index contributed by atoms with van der Waals surface area (Å²) in [6.45, 7) is 5.57. The molecule has 1 amide bonds. The summed E-state index contributed by atoms with van der Waals surface area (Å²) in [6, 6.07) is 26.0. The number of hydrogen-bond donors (Lipinski definition) is 2. The molecule has 1 fully saturated rings. The monoisotopic (exact) mass is 464 g/mol. The number of fused-ring (bicyclic) bond motifs is 1. The van der Waals surface area contributed by atoms with Gasteiger partial charge in [0.05, 0.1) is 5.52 Å². The number of carbonyl (C=O) groups is 1. The van der Waals surface area contributed by atoms with Crippen molar-refractivity contribution in [2.24, 2.45) is 0 Å². The van der Waals surface area contributed by atoms with Crippen LogP contribution in [-0.4, -0.2) is 42.0 Å². The van der Waals surface area contributed by atoms with E-state index in [9.17, 15) is 4.79 Å². The standard InChI is InChI=1S/C30H32N4O/c35-30(33-27-15-14-24-8-5-17-32-29(24)21-27)25-12-10-23(11-13-25)28-9-2-1-7-26(28)22-31-16-6-20-34-18-3-4-19-34/h1-2,5,7-15,17,21,31H,3-4,6,16,18-20,22H2,(H,33,35). The van der Waals surface area contributed by atoms with Gasteiger partial charge in [-0.25, -0.2) is 0 Å². The number of aromatic nitrogens is 1. The second-order valence-electron chi connectivity index (χ2n) is 9.18. The van der Waals surface area contributed by atoms with E-state index in [1.165, 1.54) is 50.0 Å². The minimum Gasteiger partial charge on any atom is -0.322 e. The first-order valence-electron chi connectivity index (χ1n) is 12.5. The Labute approximate surface area is 207 Å². The van der Waals surface area contributed by atoms with Crippen molar-refractivity contribution in [1.29, 1.82) is 0 Å². The van der Waals surface area contributed by atoms with E-state index in [4.69, 9.17) is 0 Å². The van der Waals surface area contributed by atoms with E-state index >= 15 is 0 Å². The molecule has 0 unspecified atom stereocenters. The molecule has 2 N–H and O–H groups in total. The zero-order valence-electron chi connectivity index (χ0n) is 20.0. The fourth-order valence-corrected chi connectivity index (χ4v) is 4.76. The minimum atomic E-state index is -0.125. The lowest BCUT2D eigenvalue weighted by Gasteiger charge is -2.15. The summed E-state index contributed by atoms with van der Waals surface area (Å²) in [4.78, 5) is 19.7. The van der Waals surface area contributed by atoms with Crippen LogP contribution in [0, 0.1) is 0 Å². The Morgan fingerprint density at radius 2 is 1.74 bits per heavy atom. The highest BCUT2D eigenvalue weighted by Crippen LogP contribution is 2.25. The summed E-state index contributed by atoms with van der Waals surface area (Å²) in [7, 11) is 0. The molecule has 0 bridgehead atoms. The summed E-state index contributed by atoms with van der Waals surface area (Å²) in [5, 5.41) is 7.65. The van der Waals surface area contributed by atoms with E-state index < -0.39 is 0 Å². The van der Waals surface area contributed by atoms with E-state index in [1.54, 1.807) is 6.20 Å². The lowest BCUT2D eigenvalue weighted by Crippen LogP contribution is -2.24. The third kappa shape index (κ3) is 5.94. The van der Waals surface area contributed by atoms with Gasteiger partial charge in [0.15, 0.2) is 0 Å². The maximum absolute atomic E-state index is 12.8. The Kier molecular flexibility index (Phi) is 7.47. The summed E-state index contributed by atoms with van der Waals surface area (Å²) in [5.41, 5.74) is 5.83. The summed E-state index contributed by atoms with van der Waals surface area (Å²) in [5.74, 6) is -0.125. The van der Waals surface area contributed by atoms with Gasteiger partial charge in [0, 0.05) is 29.4 Å². The van der Waals surface area contributed by atoms with Crippen molar-refractivity contribution in [3.05, 3.63) is 96.2 Å². The minimum absolute atomic E-state index is 0.125. The number of likely N-dealkylation sites (tertiary alicyclic amines) is 1. The number of benzene rings is 3. The van der Waals surface area contributed by atoms with E-state index in [1.807, 2.05) is 54.6 Å². The fourth-order valence-electron chi connectivity index (χ4n) is 4.76. The van der Waals surface area contributed by atoms with Crippen LogP contribution in [0.5, 0.6) is 0 Å². The first kappa shape index (κ1) is 23.2. The van der Waals surface area contributed by atoms with Crippen LogP contribution < -0.4 is 10.6 Å². The first-order chi connectivity index (χ1) is 17.3. The van der Waals surface area contributed by atoms with Crippen molar-refractivity contribution in [3.8, 4) is 11.1 Å². The smallest absolute Gasteiger partial charge is 0.255 e. The van der Waals surface area contributed by atoms with Gasteiger partial charge in [0.25, 0.3) is 5.91 Å². The number of hydrogen-bond acceptors (Lipinski definition) is 4. The molecular formula is C30H32N4O. The second-order valence-corrected chi connectivity index (χ2v) is 9.18. The van der Waals surface area contributed by atoms with Crippen LogP contribution in [0.3, 0.4) is 0 Å². The zero-order valence-corrected chi connectivity index (χ0v) is 20.0. The number of carbonyl (C=O) groups excluding carboxylic acids is 1. The van der Waals surface area contributed by atoms with Gasteiger partial charge < -0.3 is 15.5 Å². The van der Waals surface area contributed by atoms with Gasteiger partial charge in [-0.2, -0.15) is 0 Å². The molecule has 0 radical (unpaired) electrons. The molecule has 0 aliphatic carbocycles. The van der Waals surface area contributed by atoms with E-state index in [2.05, 4.69) is 44.8 Å². The fraction of sp³-hybridized carbons (Fsp3) is 0.267. The van der Waals surface area contributed by atoms with Crippen molar-refractivity contribution in [3.63, 3.8) is 0 Å². The molecular weight excluding hydrogens is 432 g/mol. The van der Waals surface area contributed by atoms with Crippen molar-refractivity contribution < 1.29 is 4.79 Å². The molecule has 1 aromatic heterocycles. The van der Waals surface area contributed by atoms with Crippen LogP contribution in [0.2, 0.25) is 0 Å². The Balaban J connectivity index is 1.19. The first-order valence-corrected chi connectivity index (χ1v) is 12.5. The average molecular weight is 465 g/mol. The normalized spacial score (nSPS) is 13.8. The molecule has 0 saturated carbocycles. The van der Waals surface area contributed by atoms with E-state index in [0.29, 0.717) is 5.56 Å². The van der Waals surface area contributed by atoms with E-state index in [-0.39, 0.29) is 5.91 Å². The Morgan fingerprint density at radius 1 is 0.914 bits per heavy atom. The molecule has 5 heteroatoms. The van der Waals surface area contributed by atoms with Gasteiger partial charge in [-0.15, -0.1) is 0 Å². The lowest BCUT2D eigenvalue weighted by atomic mass is 9.98.